The van der Waals surface area contributed by atoms with Gasteiger partial charge in [-0.3, -0.25) is 4.79 Å². The lowest BCUT2D eigenvalue weighted by Crippen LogP contribution is -2.38. The second-order valence-electron chi connectivity index (χ2n) is 7.70. The van der Waals surface area contributed by atoms with E-state index in [0.717, 1.165) is 61.2 Å². The Balaban J connectivity index is 1.44. The van der Waals surface area contributed by atoms with Crippen LogP contribution >= 0.6 is 0 Å². The molecule has 3 heterocycles. The van der Waals surface area contributed by atoms with Crippen molar-refractivity contribution < 1.29 is 9.53 Å². The molecule has 152 valence electrons. The minimum Gasteiger partial charge on any atom is -0.383 e. The Kier molecular flexibility index (Phi) is 5.97. The highest BCUT2D eigenvalue weighted by Gasteiger charge is 2.25. The third-order valence-electron chi connectivity index (χ3n) is 5.73. The highest BCUT2D eigenvalue weighted by molar-refractivity contribution is 5.85. The summed E-state index contributed by atoms with van der Waals surface area (Å²) < 4.78 is 7.12. The van der Waals surface area contributed by atoms with Gasteiger partial charge in [0.05, 0.1) is 36.8 Å². The van der Waals surface area contributed by atoms with E-state index in [2.05, 4.69) is 19.9 Å². The first kappa shape index (κ1) is 19.7. The van der Waals surface area contributed by atoms with E-state index < -0.39 is 0 Å². The van der Waals surface area contributed by atoms with Crippen molar-refractivity contribution in [1.82, 2.24) is 24.4 Å². The fourth-order valence-corrected chi connectivity index (χ4v) is 3.94. The molecule has 0 spiro atoms. The molecule has 0 radical (unpaired) electrons. The molecular weight excluding hydrogens is 366 g/mol. The SMILES string of the molecule is COCCN1CCC(C(=O)Cc2ncc3ccc(-c4cncn4C)cc3n2)CC1. The number of hydrogen-bond acceptors (Lipinski definition) is 6. The first-order valence-electron chi connectivity index (χ1n) is 10.1. The Hall–Kier alpha value is -2.64. The summed E-state index contributed by atoms with van der Waals surface area (Å²) in [4.78, 5) is 28.4. The average Bonchev–Trinajstić information content (AvgIpc) is 3.18. The van der Waals surface area contributed by atoms with Crippen LogP contribution in [0, 0.1) is 5.92 Å². The van der Waals surface area contributed by atoms with E-state index in [9.17, 15) is 4.79 Å². The van der Waals surface area contributed by atoms with Gasteiger partial charge in [-0.1, -0.05) is 12.1 Å². The van der Waals surface area contributed by atoms with Gasteiger partial charge in [-0.15, -0.1) is 0 Å². The Morgan fingerprint density at radius 2 is 2.07 bits per heavy atom. The van der Waals surface area contributed by atoms with Crippen LogP contribution in [0.1, 0.15) is 18.7 Å². The highest BCUT2D eigenvalue weighted by atomic mass is 16.5. The predicted molar refractivity (Wildman–Crippen MR) is 111 cm³/mol. The van der Waals surface area contributed by atoms with Crippen molar-refractivity contribution in [3.8, 4) is 11.3 Å². The summed E-state index contributed by atoms with van der Waals surface area (Å²) in [5.41, 5.74) is 2.94. The number of hydrogen-bond donors (Lipinski definition) is 0. The number of aryl methyl sites for hydroxylation is 1. The summed E-state index contributed by atoms with van der Waals surface area (Å²) in [6.07, 6.45) is 7.54. The number of Topliss-reactive ketones (excluding diaryl/α,β-unsaturated/α-hetero) is 1. The van der Waals surface area contributed by atoms with Gasteiger partial charge in [0.25, 0.3) is 0 Å². The smallest absolute Gasteiger partial charge is 0.143 e. The topological polar surface area (TPSA) is 73.1 Å². The Morgan fingerprint density at radius 3 is 2.79 bits per heavy atom. The molecule has 0 atom stereocenters. The quantitative estimate of drug-likeness (QED) is 0.614. The van der Waals surface area contributed by atoms with Gasteiger partial charge in [0.15, 0.2) is 0 Å². The maximum atomic E-state index is 12.8. The number of aromatic nitrogens is 4. The van der Waals surface area contributed by atoms with Crippen LogP contribution in [0.2, 0.25) is 0 Å². The monoisotopic (exact) mass is 393 g/mol. The molecule has 0 saturated carbocycles. The number of imidazole rings is 1. The van der Waals surface area contributed by atoms with Crippen LogP contribution in [0.4, 0.5) is 0 Å². The van der Waals surface area contributed by atoms with Crippen molar-refractivity contribution in [2.24, 2.45) is 13.0 Å². The molecule has 1 fully saturated rings. The molecular formula is C22H27N5O2. The number of fused-ring (bicyclic) bond motifs is 1. The summed E-state index contributed by atoms with van der Waals surface area (Å²) >= 11 is 0. The van der Waals surface area contributed by atoms with Gasteiger partial charge in [-0.2, -0.15) is 0 Å². The molecule has 1 saturated heterocycles. The summed E-state index contributed by atoms with van der Waals surface area (Å²) in [6, 6.07) is 6.10. The van der Waals surface area contributed by atoms with Gasteiger partial charge in [0.1, 0.15) is 11.6 Å². The minimum absolute atomic E-state index is 0.105. The Morgan fingerprint density at radius 1 is 1.24 bits per heavy atom. The molecule has 29 heavy (non-hydrogen) atoms. The first-order valence-corrected chi connectivity index (χ1v) is 10.1. The maximum Gasteiger partial charge on any atom is 0.143 e. The molecule has 3 aromatic rings. The molecule has 0 bridgehead atoms. The van der Waals surface area contributed by atoms with Crippen molar-refractivity contribution in [3.05, 3.63) is 42.7 Å². The molecule has 1 aromatic carbocycles. The number of likely N-dealkylation sites (tertiary alicyclic amines) is 1. The standard InChI is InChI=1S/C22H27N5O2/c1-26-15-23-14-20(26)17-3-4-18-13-24-22(25-19(18)11-17)12-21(28)16-5-7-27(8-6-16)9-10-29-2/h3-4,11,13-16H,5-10,12H2,1-2H3. The van der Waals surface area contributed by atoms with Gasteiger partial charge in [0.2, 0.25) is 0 Å². The number of carbonyl (C=O) groups is 1. The molecule has 0 N–H and O–H groups in total. The van der Waals surface area contributed by atoms with Crippen LogP contribution in [0.15, 0.2) is 36.9 Å². The largest absolute Gasteiger partial charge is 0.383 e. The van der Waals surface area contributed by atoms with E-state index in [1.54, 1.807) is 13.4 Å². The molecule has 4 rings (SSSR count). The van der Waals surface area contributed by atoms with Crippen LogP contribution in [-0.4, -0.2) is 63.6 Å². The molecule has 0 amide bonds. The van der Waals surface area contributed by atoms with E-state index in [0.29, 0.717) is 12.2 Å². The normalized spacial score (nSPS) is 15.8. The fraction of sp³-hybridized carbons (Fsp3) is 0.455. The van der Waals surface area contributed by atoms with Gasteiger partial charge >= 0.3 is 0 Å². The zero-order valence-electron chi connectivity index (χ0n) is 17.0. The lowest BCUT2D eigenvalue weighted by Gasteiger charge is -2.30. The van der Waals surface area contributed by atoms with Crippen LogP contribution in [0.3, 0.4) is 0 Å². The summed E-state index contributed by atoms with van der Waals surface area (Å²) in [6.45, 7) is 3.58. The maximum absolute atomic E-state index is 12.8. The zero-order valence-corrected chi connectivity index (χ0v) is 17.0. The van der Waals surface area contributed by atoms with Crippen molar-refractivity contribution in [3.63, 3.8) is 0 Å². The molecule has 2 aromatic heterocycles. The molecule has 1 aliphatic rings. The van der Waals surface area contributed by atoms with E-state index in [4.69, 9.17) is 4.74 Å². The summed E-state index contributed by atoms with van der Waals surface area (Å²) in [7, 11) is 3.69. The number of methoxy groups -OCH3 is 1. The first-order chi connectivity index (χ1) is 14.1. The summed E-state index contributed by atoms with van der Waals surface area (Å²) in [5.74, 6) is 0.957. The number of rotatable bonds is 7. The van der Waals surface area contributed by atoms with Crippen LogP contribution < -0.4 is 0 Å². The van der Waals surface area contributed by atoms with Crippen LogP contribution in [-0.2, 0) is 23.0 Å². The Bertz CT molecular complexity index is 992. The molecule has 7 nitrogen and oxygen atoms in total. The minimum atomic E-state index is 0.105. The average molecular weight is 393 g/mol. The molecule has 0 aliphatic carbocycles. The van der Waals surface area contributed by atoms with Gasteiger partial charge in [-0.25, -0.2) is 15.0 Å². The molecule has 0 unspecified atom stereocenters. The van der Waals surface area contributed by atoms with Crippen molar-refractivity contribution >= 4 is 16.7 Å². The lowest BCUT2D eigenvalue weighted by molar-refractivity contribution is -0.123. The van der Waals surface area contributed by atoms with E-state index in [1.165, 1.54) is 0 Å². The van der Waals surface area contributed by atoms with Gasteiger partial charge in [-0.05, 0) is 32.0 Å². The van der Waals surface area contributed by atoms with Crippen molar-refractivity contribution in [1.29, 1.82) is 0 Å². The van der Waals surface area contributed by atoms with Gasteiger partial charge in [0, 0.05) is 43.8 Å². The van der Waals surface area contributed by atoms with Gasteiger partial charge < -0.3 is 14.2 Å². The van der Waals surface area contributed by atoms with E-state index in [1.807, 2.05) is 42.2 Å². The third-order valence-corrected chi connectivity index (χ3v) is 5.73. The van der Waals surface area contributed by atoms with Crippen molar-refractivity contribution in [2.45, 2.75) is 19.3 Å². The number of nitrogens with zero attached hydrogens (tertiary/aromatic N) is 5. The van der Waals surface area contributed by atoms with Crippen molar-refractivity contribution in [2.75, 3.05) is 33.4 Å². The number of ether oxygens (including phenoxy) is 1. The predicted octanol–water partition coefficient (Wildman–Crippen LogP) is 2.50. The fourth-order valence-electron chi connectivity index (χ4n) is 3.94. The van der Waals surface area contributed by atoms with E-state index in [-0.39, 0.29) is 11.7 Å². The lowest BCUT2D eigenvalue weighted by atomic mass is 9.91. The van der Waals surface area contributed by atoms with Crippen LogP contribution in [0.25, 0.3) is 22.2 Å². The number of piperidine rings is 1. The third kappa shape index (κ3) is 4.52. The second-order valence-corrected chi connectivity index (χ2v) is 7.70. The number of carbonyl (C=O) groups excluding carboxylic acids is 1. The molecule has 7 heteroatoms. The van der Waals surface area contributed by atoms with E-state index >= 15 is 0 Å². The highest BCUT2D eigenvalue weighted by Crippen LogP contribution is 2.23. The summed E-state index contributed by atoms with van der Waals surface area (Å²) in [5, 5.41) is 0.971. The number of benzene rings is 1. The Labute approximate surface area is 170 Å². The second kappa shape index (κ2) is 8.80. The zero-order chi connectivity index (χ0) is 20.2. The van der Waals surface area contributed by atoms with Crippen LogP contribution in [0.5, 0.6) is 0 Å². The number of ketones is 1. The molecule has 1 aliphatic heterocycles.